The molecule has 0 radical (unpaired) electrons. The van der Waals surface area contributed by atoms with Gasteiger partial charge in [-0.25, -0.2) is 0 Å². The highest BCUT2D eigenvalue weighted by atomic mass is 16.3. The third-order valence-corrected chi connectivity index (χ3v) is 3.64. The molecular formula is C19H18N2O6. The highest BCUT2D eigenvalue weighted by Gasteiger charge is 2.07. The first-order chi connectivity index (χ1) is 13.0. The Hall–Kier alpha value is -3.68. The van der Waals surface area contributed by atoms with Gasteiger partial charge in [-0.2, -0.15) is 0 Å². The van der Waals surface area contributed by atoms with Gasteiger partial charge >= 0.3 is 0 Å². The molecule has 0 amide bonds. The van der Waals surface area contributed by atoms with E-state index in [1.807, 2.05) is 0 Å². The van der Waals surface area contributed by atoms with Crippen LogP contribution in [0.1, 0.15) is 38.3 Å². The SMILES string of the molecule is O=Cc1cc(O)c(C=NCCCN=Cc2cc(O)c(C=O)cc2O)cc1O. The minimum Gasteiger partial charge on any atom is -0.507 e. The van der Waals surface area contributed by atoms with Crippen LogP contribution in [0.5, 0.6) is 23.0 Å². The zero-order valence-electron chi connectivity index (χ0n) is 14.2. The molecule has 0 aliphatic carbocycles. The summed E-state index contributed by atoms with van der Waals surface area (Å²) < 4.78 is 0. The van der Waals surface area contributed by atoms with Gasteiger partial charge in [-0.05, 0) is 30.7 Å². The van der Waals surface area contributed by atoms with Crippen LogP contribution in [-0.4, -0.2) is 58.5 Å². The number of hydrogen-bond acceptors (Lipinski definition) is 8. The van der Waals surface area contributed by atoms with Crippen LogP contribution < -0.4 is 0 Å². The molecule has 4 N–H and O–H groups in total. The number of nitrogens with zero attached hydrogens (tertiary/aromatic N) is 2. The lowest BCUT2D eigenvalue weighted by atomic mass is 10.1. The van der Waals surface area contributed by atoms with Crippen molar-refractivity contribution in [2.45, 2.75) is 6.42 Å². The van der Waals surface area contributed by atoms with Crippen molar-refractivity contribution in [3.63, 3.8) is 0 Å². The fourth-order valence-electron chi connectivity index (χ4n) is 2.19. The maximum atomic E-state index is 10.7. The molecule has 0 atom stereocenters. The van der Waals surface area contributed by atoms with Crippen molar-refractivity contribution in [1.29, 1.82) is 0 Å². The van der Waals surface area contributed by atoms with Gasteiger partial charge in [0.1, 0.15) is 23.0 Å². The van der Waals surface area contributed by atoms with Gasteiger partial charge in [-0.1, -0.05) is 0 Å². The van der Waals surface area contributed by atoms with Gasteiger partial charge in [0.25, 0.3) is 0 Å². The molecule has 2 rings (SSSR count). The summed E-state index contributed by atoms with van der Waals surface area (Å²) in [5.74, 6) is -0.800. The van der Waals surface area contributed by atoms with E-state index in [4.69, 9.17) is 0 Å². The number of rotatable bonds is 8. The van der Waals surface area contributed by atoms with Gasteiger partial charge < -0.3 is 20.4 Å². The van der Waals surface area contributed by atoms with Gasteiger partial charge in [0.15, 0.2) is 12.6 Å². The number of aliphatic imine (C=N–C) groups is 2. The van der Waals surface area contributed by atoms with E-state index in [1.54, 1.807) is 0 Å². The molecule has 0 aliphatic heterocycles. The van der Waals surface area contributed by atoms with Gasteiger partial charge in [-0.15, -0.1) is 0 Å². The van der Waals surface area contributed by atoms with Crippen LogP contribution in [0.25, 0.3) is 0 Å². The molecule has 27 heavy (non-hydrogen) atoms. The number of phenolic OH excluding ortho intramolecular Hbond substituents is 4. The fraction of sp³-hybridized carbons (Fsp3) is 0.158. The minimum atomic E-state index is -0.238. The van der Waals surface area contributed by atoms with E-state index >= 15 is 0 Å². The second kappa shape index (κ2) is 9.14. The number of aldehydes is 2. The van der Waals surface area contributed by atoms with Crippen molar-refractivity contribution < 1.29 is 30.0 Å². The van der Waals surface area contributed by atoms with Gasteiger partial charge in [0, 0.05) is 36.6 Å². The Labute approximate surface area is 154 Å². The van der Waals surface area contributed by atoms with Crippen molar-refractivity contribution in [3.05, 3.63) is 46.5 Å². The van der Waals surface area contributed by atoms with Crippen LogP contribution in [0, 0.1) is 0 Å². The van der Waals surface area contributed by atoms with E-state index in [0.717, 1.165) is 12.1 Å². The van der Waals surface area contributed by atoms with E-state index in [1.165, 1.54) is 24.6 Å². The quantitative estimate of drug-likeness (QED) is 0.243. The van der Waals surface area contributed by atoms with Crippen molar-refractivity contribution in [3.8, 4) is 23.0 Å². The van der Waals surface area contributed by atoms with E-state index in [9.17, 15) is 30.0 Å². The number of carbonyl (C=O) groups is 2. The summed E-state index contributed by atoms with van der Waals surface area (Å²) in [4.78, 5) is 29.5. The fourth-order valence-corrected chi connectivity index (χ4v) is 2.19. The predicted molar refractivity (Wildman–Crippen MR) is 99.9 cm³/mol. The molecule has 0 aromatic heterocycles. The average Bonchev–Trinajstić information content (AvgIpc) is 2.65. The van der Waals surface area contributed by atoms with Crippen molar-refractivity contribution >= 4 is 25.0 Å². The Morgan fingerprint density at radius 3 is 1.33 bits per heavy atom. The highest BCUT2D eigenvalue weighted by Crippen LogP contribution is 2.25. The van der Waals surface area contributed by atoms with Crippen LogP contribution in [-0.2, 0) is 0 Å². The van der Waals surface area contributed by atoms with Crippen LogP contribution in [0.3, 0.4) is 0 Å². The summed E-state index contributed by atoms with van der Waals surface area (Å²) in [6, 6.07) is 4.81. The molecule has 8 nitrogen and oxygen atoms in total. The first-order valence-corrected chi connectivity index (χ1v) is 7.98. The molecule has 2 aromatic carbocycles. The Balaban J connectivity index is 1.87. The summed E-state index contributed by atoms with van der Waals surface area (Å²) in [5, 5.41) is 38.7. The smallest absolute Gasteiger partial charge is 0.153 e. The largest absolute Gasteiger partial charge is 0.507 e. The predicted octanol–water partition coefficient (Wildman–Crippen LogP) is 2.06. The highest BCUT2D eigenvalue weighted by molar-refractivity contribution is 5.89. The number of phenols is 4. The molecule has 140 valence electrons. The Kier molecular flexibility index (Phi) is 6.65. The van der Waals surface area contributed by atoms with E-state index < -0.39 is 0 Å². The lowest BCUT2D eigenvalue weighted by Crippen LogP contribution is -1.92. The normalized spacial score (nSPS) is 11.3. The van der Waals surface area contributed by atoms with Crippen molar-refractivity contribution in [1.82, 2.24) is 0 Å². The molecule has 0 heterocycles. The summed E-state index contributed by atoms with van der Waals surface area (Å²) in [6.07, 6.45) is 4.23. The molecule has 0 bridgehead atoms. The third kappa shape index (κ3) is 5.15. The standard InChI is InChI=1S/C19H18N2O6/c22-10-14-6-16(24)12(4-18(14)26)8-20-2-1-3-21-9-13-5-19(27)15(11-23)7-17(13)25/h4-11,24-27H,1-3H2. The lowest BCUT2D eigenvalue weighted by Gasteiger charge is -2.03. The summed E-state index contributed by atoms with van der Waals surface area (Å²) in [5.41, 5.74) is 0.568. The molecule has 2 aromatic rings. The maximum Gasteiger partial charge on any atom is 0.153 e. The molecule has 0 fully saturated rings. The molecule has 0 saturated heterocycles. The Bertz CT molecular complexity index is 832. The first kappa shape index (κ1) is 19.6. The van der Waals surface area contributed by atoms with Crippen LogP contribution in [0.4, 0.5) is 0 Å². The van der Waals surface area contributed by atoms with Gasteiger partial charge in [0.2, 0.25) is 0 Å². The molecule has 0 aliphatic rings. The van der Waals surface area contributed by atoms with Crippen molar-refractivity contribution in [2.75, 3.05) is 13.1 Å². The zero-order valence-corrected chi connectivity index (χ0v) is 14.2. The summed E-state index contributed by atoms with van der Waals surface area (Å²) in [6.45, 7) is 0.794. The van der Waals surface area contributed by atoms with E-state index in [2.05, 4.69) is 9.98 Å². The lowest BCUT2D eigenvalue weighted by molar-refractivity contribution is 0.111. The second-order valence-electron chi connectivity index (χ2n) is 5.60. The minimum absolute atomic E-state index is 0.00514. The molecular weight excluding hydrogens is 352 g/mol. The average molecular weight is 370 g/mol. The van der Waals surface area contributed by atoms with Crippen LogP contribution in [0.2, 0.25) is 0 Å². The van der Waals surface area contributed by atoms with Crippen molar-refractivity contribution in [2.24, 2.45) is 9.98 Å². The topological polar surface area (TPSA) is 140 Å². The maximum absolute atomic E-state index is 10.7. The van der Waals surface area contributed by atoms with Gasteiger partial charge in [-0.3, -0.25) is 19.6 Å². The van der Waals surface area contributed by atoms with Crippen LogP contribution >= 0.6 is 0 Å². The second-order valence-corrected chi connectivity index (χ2v) is 5.60. The molecule has 8 heteroatoms. The first-order valence-electron chi connectivity index (χ1n) is 7.98. The third-order valence-electron chi connectivity index (χ3n) is 3.64. The number of aromatic hydroxyl groups is 4. The molecule has 0 spiro atoms. The molecule has 0 saturated carbocycles. The number of carbonyl (C=O) groups excluding carboxylic acids is 2. The van der Waals surface area contributed by atoms with Crippen LogP contribution in [0.15, 0.2) is 34.3 Å². The summed E-state index contributed by atoms with van der Waals surface area (Å²) in [7, 11) is 0. The number of benzene rings is 2. The summed E-state index contributed by atoms with van der Waals surface area (Å²) >= 11 is 0. The number of hydrogen-bond donors (Lipinski definition) is 4. The Morgan fingerprint density at radius 1 is 0.630 bits per heavy atom. The Morgan fingerprint density at radius 2 is 0.963 bits per heavy atom. The molecule has 0 unspecified atom stereocenters. The zero-order chi connectivity index (χ0) is 19.8. The van der Waals surface area contributed by atoms with Gasteiger partial charge in [0.05, 0.1) is 11.1 Å². The monoisotopic (exact) mass is 370 g/mol. The van der Waals surface area contributed by atoms with E-state index in [-0.39, 0.29) is 45.3 Å². The van der Waals surface area contributed by atoms with E-state index in [0.29, 0.717) is 32.1 Å².